The molecule has 0 bridgehead atoms. The van der Waals surface area contributed by atoms with Gasteiger partial charge in [-0.1, -0.05) is 42.5 Å². The van der Waals surface area contributed by atoms with Crippen LogP contribution >= 0.6 is 0 Å². The molecule has 0 aromatic heterocycles. The van der Waals surface area contributed by atoms with E-state index in [1.807, 2.05) is 48.2 Å². The Morgan fingerprint density at radius 1 is 1.06 bits per heavy atom. The Hall–Kier alpha value is -2.90. The first kappa shape index (κ1) is 24.8. The van der Waals surface area contributed by atoms with Crippen molar-refractivity contribution >= 4 is 11.8 Å². The molecule has 192 valence electrons. The van der Waals surface area contributed by atoms with E-state index >= 15 is 0 Å². The summed E-state index contributed by atoms with van der Waals surface area (Å²) >= 11 is 0. The van der Waals surface area contributed by atoms with Gasteiger partial charge in [-0.2, -0.15) is 0 Å². The Labute approximate surface area is 213 Å². The van der Waals surface area contributed by atoms with Crippen LogP contribution in [0.5, 0.6) is 5.75 Å². The van der Waals surface area contributed by atoms with Crippen molar-refractivity contribution in [1.29, 1.82) is 0 Å². The summed E-state index contributed by atoms with van der Waals surface area (Å²) in [7, 11) is 1.63. The number of nitrogens with one attached hydrogen (secondary N) is 1. The highest BCUT2D eigenvalue weighted by Crippen LogP contribution is 2.34. The number of methoxy groups -OCH3 is 1. The van der Waals surface area contributed by atoms with Crippen molar-refractivity contribution in [2.24, 2.45) is 17.8 Å². The molecule has 5 rings (SSSR count). The molecule has 3 aliphatic heterocycles. The molecule has 0 spiro atoms. The number of aryl methyl sites for hydroxylation is 1. The normalized spacial score (nSPS) is 24.5. The maximum atomic E-state index is 13.3. The van der Waals surface area contributed by atoms with E-state index in [-0.39, 0.29) is 23.8 Å². The fourth-order valence-corrected chi connectivity index (χ4v) is 6.05. The predicted octanol–water partition coefficient (Wildman–Crippen LogP) is 3.29. The lowest BCUT2D eigenvalue weighted by atomic mass is 10.0. The van der Waals surface area contributed by atoms with E-state index in [1.165, 1.54) is 0 Å². The second-order valence-electron chi connectivity index (χ2n) is 10.5. The van der Waals surface area contributed by atoms with Crippen LogP contribution < -0.4 is 10.1 Å². The summed E-state index contributed by atoms with van der Waals surface area (Å²) in [5.74, 6) is 1.78. The average Bonchev–Trinajstić information content (AvgIpc) is 3.63. The molecule has 3 heterocycles. The number of para-hydroxylation sites is 1. The lowest BCUT2D eigenvalue weighted by molar-refractivity contribution is -0.125. The van der Waals surface area contributed by atoms with Crippen LogP contribution in [0.25, 0.3) is 0 Å². The molecule has 0 saturated carbocycles. The maximum Gasteiger partial charge on any atom is 0.257 e. The Morgan fingerprint density at radius 2 is 1.81 bits per heavy atom. The molecule has 1 N–H and O–H groups in total. The van der Waals surface area contributed by atoms with Crippen molar-refractivity contribution in [2.45, 2.75) is 25.8 Å². The number of carbonyl (C=O) groups excluding carboxylic acids is 2. The Bertz CT molecular complexity index is 1060. The number of rotatable bonds is 8. The lowest BCUT2D eigenvalue weighted by Crippen LogP contribution is -2.37. The average molecular weight is 492 g/mol. The van der Waals surface area contributed by atoms with Crippen molar-refractivity contribution in [2.75, 3.05) is 53.0 Å². The molecule has 3 fully saturated rings. The van der Waals surface area contributed by atoms with Gasteiger partial charge < -0.3 is 24.6 Å². The standard InChI is InChI=1S/C29H37N3O4/c1-20-7-6-10-25(27(20)35-2)29(34)32-17-23-15-31(16-24(23)18-32)13-11-26(21-8-4-3-5-9-21)30-28(33)22-12-14-36-19-22/h3-10,22-24,26H,11-19H2,1-2H3,(H,30,33)/t22?,23?,24?,26-/m0/s1. The molecule has 3 saturated heterocycles. The smallest absolute Gasteiger partial charge is 0.257 e. The van der Waals surface area contributed by atoms with Gasteiger partial charge in [-0.25, -0.2) is 0 Å². The highest BCUT2D eigenvalue weighted by molar-refractivity contribution is 5.97. The van der Waals surface area contributed by atoms with Gasteiger partial charge in [0.25, 0.3) is 5.91 Å². The second kappa shape index (κ2) is 11.0. The third-order valence-electron chi connectivity index (χ3n) is 8.05. The van der Waals surface area contributed by atoms with E-state index in [1.54, 1.807) is 7.11 Å². The van der Waals surface area contributed by atoms with Crippen molar-refractivity contribution in [1.82, 2.24) is 15.1 Å². The summed E-state index contributed by atoms with van der Waals surface area (Å²) in [6.45, 7) is 7.64. The van der Waals surface area contributed by atoms with E-state index in [0.717, 1.165) is 56.7 Å². The van der Waals surface area contributed by atoms with Crippen LogP contribution in [0.4, 0.5) is 0 Å². The summed E-state index contributed by atoms with van der Waals surface area (Å²) in [5, 5.41) is 3.29. The van der Waals surface area contributed by atoms with Gasteiger partial charge in [0.15, 0.2) is 0 Å². The van der Waals surface area contributed by atoms with E-state index in [0.29, 0.717) is 36.4 Å². The van der Waals surface area contributed by atoms with Crippen LogP contribution in [-0.2, 0) is 9.53 Å². The molecule has 2 amide bonds. The number of ether oxygens (including phenoxy) is 2. The van der Waals surface area contributed by atoms with Crippen molar-refractivity contribution < 1.29 is 19.1 Å². The number of nitrogens with zero attached hydrogens (tertiary/aromatic N) is 2. The minimum atomic E-state index is -0.0436. The van der Waals surface area contributed by atoms with Gasteiger partial charge in [-0.3, -0.25) is 9.59 Å². The fraction of sp³-hybridized carbons (Fsp3) is 0.517. The van der Waals surface area contributed by atoms with E-state index in [4.69, 9.17) is 9.47 Å². The number of hydrogen-bond acceptors (Lipinski definition) is 5. The number of fused-ring (bicyclic) bond motifs is 1. The second-order valence-corrected chi connectivity index (χ2v) is 10.5. The highest BCUT2D eigenvalue weighted by Gasteiger charge is 2.42. The summed E-state index contributed by atoms with van der Waals surface area (Å²) in [6, 6.07) is 16.0. The predicted molar refractivity (Wildman–Crippen MR) is 138 cm³/mol. The van der Waals surface area contributed by atoms with Crippen LogP contribution in [0.15, 0.2) is 48.5 Å². The number of carbonyl (C=O) groups is 2. The summed E-state index contributed by atoms with van der Waals surface area (Å²) < 4.78 is 10.9. The van der Waals surface area contributed by atoms with Crippen LogP contribution in [-0.4, -0.2) is 74.7 Å². The lowest BCUT2D eigenvalue weighted by Gasteiger charge is -2.26. The number of benzene rings is 2. The molecule has 4 atom stereocenters. The van der Waals surface area contributed by atoms with Gasteiger partial charge in [-0.05, 0) is 48.8 Å². The van der Waals surface area contributed by atoms with E-state index in [2.05, 4.69) is 22.3 Å². The first-order valence-corrected chi connectivity index (χ1v) is 13.1. The van der Waals surface area contributed by atoms with Gasteiger partial charge in [0, 0.05) is 39.3 Å². The summed E-state index contributed by atoms with van der Waals surface area (Å²) in [6.07, 6.45) is 1.67. The quantitative estimate of drug-likeness (QED) is 0.614. The topological polar surface area (TPSA) is 71.1 Å². The minimum Gasteiger partial charge on any atom is -0.496 e. The summed E-state index contributed by atoms with van der Waals surface area (Å²) in [4.78, 5) is 30.6. The fourth-order valence-electron chi connectivity index (χ4n) is 6.05. The van der Waals surface area contributed by atoms with Crippen molar-refractivity contribution in [3.05, 3.63) is 65.2 Å². The highest BCUT2D eigenvalue weighted by atomic mass is 16.5. The number of likely N-dealkylation sites (tertiary alicyclic amines) is 2. The van der Waals surface area contributed by atoms with Crippen LogP contribution in [0.3, 0.4) is 0 Å². The van der Waals surface area contributed by atoms with E-state index < -0.39 is 0 Å². The van der Waals surface area contributed by atoms with Crippen molar-refractivity contribution in [3.63, 3.8) is 0 Å². The third kappa shape index (κ3) is 5.27. The number of amides is 2. The van der Waals surface area contributed by atoms with Gasteiger partial charge in [0.2, 0.25) is 5.91 Å². The molecule has 3 aliphatic rings. The van der Waals surface area contributed by atoms with Gasteiger partial charge in [0.05, 0.1) is 31.2 Å². The van der Waals surface area contributed by atoms with E-state index in [9.17, 15) is 9.59 Å². The summed E-state index contributed by atoms with van der Waals surface area (Å²) in [5.41, 5.74) is 2.78. The zero-order chi connectivity index (χ0) is 25.1. The molecule has 7 nitrogen and oxygen atoms in total. The van der Waals surface area contributed by atoms with Gasteiger partial charge >= 0.3 is 0 Å². The zero-order valence-corrected chi connectivity index (χ0v) is 21.3. The zero-order valence-electron chi connectivity index (χ0n) is 21.3. The first-order chi connectivity index (χ1) is 17.5. The molecule has 0 aliphatic carbocycles. The van der Waals surface area contributed by atoms with Crippen LogP contribution in [0.1, 0.15) is 40.4 Å². The monoisotopic (exact) mass is 491 g/mol. The molecule has 2 aromatic carbocycles. The third-order valence-corrected chi connectivity index (χ3v) is 8.05. The maximum absolute atomic E-state index is 13.3. The molecule has 36 heavy (non-hydrogen) atoms. The first-order valence-electron chi connectivity index (χ1n) is 13.1. The molecular formula is C29H37N3O4. The molecule has 2 aromatic rings. The van der Waals surface area contributed by atoms with Gasteiger partial charge in [-0.15, -0.1) is 0 Å². The molecule has 0 radical (unpaired) electrons. The Balaban J connectivity index is 1.17. The minimum absolute atomic E-state index is 0.00778. The SMILES string of the molecule is COc1c(C)cccc1C(=O)N1CC2CN(CC[C@H](NC(=O)C3CCOC3)c3ccccc3)CC2C1. The Kier molecular flexibility index (Phi) is 7.58. The molecule has 3 unspecified atom stereocenters. The number of hydrogen-bond donors (Lipinski definition) is 1. The van der Waals surface area contributed by atoms with Gasteiger partial charge in [0.1, 0.15) is 5.75 Å². The van der Waals surface area contributed by atoms with Crippen LogP contribution in [0, 0.1) is 24.7 Å². The molecular weight excluding hydrogens is 454 g/mol. The van der Waals surface area contributed by atoms with Crippen molar-refractivity contribution in [3.8, 4) is 5.75 Å². The Morgan fingerprint density at radius 3 is 2.47 bits per heavy atom. The molecule has 7 heteroatoms. The van der Waals surface area contributed by atoms with Crippen LogP contribution in [0.2, 0.25) is 0 Å². The largest absolute Gasteiger partial charge is 0.496 e.